The van der Waals surface area contributed by atoms with Crippen LogP contribution in [0.15, 0.2) is 30.5 Å². The lowest BCUT2D eigenvalue weighted by molar-refractivity contribution is -0.137. The Balaban J connectivity index is 2.39. The Hall–Kier alpha value is -2.84. The van der Waals surface area contributed by atoms with E-state index in [-0.39, 0.29) is 5.69 Å². The van der Waals surface area contributed by atoms with Crippen LogP contribution in [-0.4, -0.2) is 44.1 Å². The topological polar surface area (TPSA) is 61.4 Å². The molecule has 0 spiro atoms. The number of halogens is 3. The van der Waals surface area contributed by atoms with Crippen LogP contribution < -0.4 is 15.1 Å². The molecule has 9 heteroatoms. The first-order valence-electron chi connectivity index (χ1n) is 7.30. The lowest BCUT2D eigenvalue weighted by Crippen LogP contribution is -2.22. The number of hydrogen-bond acceptors (Lipinski definition) is 5. The summed E-state index contributed by atoms with van der Waals surface area (Å²) in [6.45, 7) is 0. The molecule has 134 valence electrons. The molecule has 2 aromatic rings. The number of hydrogen-bond donors (Lipinski definition) is 1. The average molecular weight is 353 g/mol. The van der Waals surface area contributed by atoms with Gasteiger partial charge in [-0.1, -0.05) is 12.1 Å². The smallest absolute Gasteiger partial charge is 0.361 e. The van der Waals surface area contributed by atoms with Crippen molar-refractivity contribution in [3.63, 3.8) is 0 Å². The molecule has 6 nitrogen and oxygen atoms in total. The predicted octanol–water partition coefficient (Wildman–Crippen LogP) is 2.88. The summed E-state index contributed by atoms with van der Waals surface area (Å²) in [6.07, 6.45) is -3.25. The second-order valence-corrected chi connectivity index (χ2v) is 5.69. The van der Waals surface area contributed by atoms with E-state index in [2.05, 4.69) is 15.3 Å². The average Bonchev–Trinajstić information content (AvgIpc) is 2.53. The van der Waals surface area contributed by atoms with Gasteiger partial charge in [0.2, 0.25) is 5.95 Å². The number of aromatic nitrogens is 2. The van der Waals surface area contributed by atoms with E-state index in [1.54, 1.807) is 38.0 Å². The molecule has 1 N–H and O–H groups in total. The van der Waals surface area contributed by atoms with E-state index in [1.807, 2.05) is 0 Å². The molecular weight excluding hydrogens is 335 g/mol. The summed E-state index contributed by atoms with van der Waals surface area (Å²) < 4.78 is 39.2. The molecule has 0 fully saturated rings. The molecule has 2 rings (SSSR count). The number of anilines is 3. The molecule has 0 unspecified atom stereocenters. The molecule has 0 bridgehead atoms. The van der Waals surface area contributed by atoms with Crippen LogP contribution in [0.2, 0.25) is 0 Å². The van der Waals surface area contributed by atoms with Crippen LogP contribution in [0, 0.1) is 0 Å². The van der Waals surface area contributed by atoms with Crippen molar-refractivity contribution >= 4 is 23.4 Å². The lowest BCUT2D eigenvalue weighted by Gasteiger charge is -2.20. The van der Waals surface area contributed by atoms with Crippen molar-refractivity contribution in [3.05, 3.63) is 41.6 Å². The first-order valence-corrected chi connectivity index (χ1v) is 7.30. The molecule has 0 saturated heterocycles. The van der Waals surface area contributed by atoms with Crippen molar-refractivity contribution in [1.29, 1.82) is 0 Å². The van der Waals surface area contributed by atoms with E-state index in [4.69, 9.17) is 0 Å². The molecule has 0 aliphatic rings. The Morgan fingerprint density at radius 3 is 2.28 bits per heavy atom. The van der Waals surface area contributed by atoms with Gasteiger partial charge in [-0.05, 0) is 12.1 Å². The van der Waals surface area contributed by atoms with Crippen molar-refractivity contribution < 1.29 is 18.0 Å². The number of carbonyl (C=O) groups is 1. The van der Waals surface area contributed by atoms with Gasteiger partial charge in [0.1, 0.15) is 5.69 Å². The fourth-order valence-electron chi connectivity index (χ4n) is 2.13. The second-order valence-electron chi connectivity index (χ2n) is 5.69. The molecule has 0 aliphatic carbocycles. The first-order chi connectivity index (χ1) is 11.6. The fourth-order valence-corrected chi connectivity index (χ4v) is 2.13. The van der Waals surface area contributed by atoms with Gasteiger partial charge >= 0.3 is 6.18 Å². The third-order valence-corrected chi connectivity index (χ3v) is 3.30. The maximum absolute atomic E-state index is 13.1. The third kappa shape index (κ3) is 4.17. The van der Waals surface area contributed by atoms with Gasteiger partial charge in [-0.25, -0.2) is 4.98 Å². The number of rotatable bonds is 4. The summed E-state index contributed by atoms with van der Waals surface area (Å²) in [6, 6.07) is 4.61. The van der Waals surface area contributed by atoms with Crippen LogP contribution >= 0.6 is 0 Å². The highest BCUT2D eigenvalue weighted by Crippen LogP contribution is 2.32. The number of nitrogens with one attached hydrogen (secondary N) is 1. The molecule has 1 heterocycles. The van der Waals surface area contributed by atoms with E-state index in [1.165, 1.54) is 18.3 Å². The van der Waals surface area contributed by atoms with Crippen LogP contribution in [0.4, 0.5) is 30.6 Å². The molecule has 0 radical (unpaired) electrons. The van der Waals surface area contributed by atoms with Crippen molar-refractivity contribution in [3.8, 4) is 0 Å². The van der Waals surface area contributed by atoms with Crippen LogP contribution in [-0.2, 0) is 6.18 Å². The van der Waals surface area contributed by atoms with Gasteiger partial charge in [0.25, 0.3) is 5.91 Å². The van der Waals surface area contributed by atoms with Crippen LogP contribution in [0.5, 0.6) is 0 Å². The van der Waals surface area contributed by atoms with Crippen LogP contribution in [0.1, 0.15) is 15.9 Å². The van der Waals surface area contributed by atoms with E-state index < -0.39 is 23.2 Å². The summed E-state index contributed by atoms with van der Waals surface area (Å²) in [5.74, 6) is -0.0776. The Labute approximate surface area is 143 Å². The maximum atomic E-state index is 13.1. The minimum Gasteiger partial charge on any atom is -0.361 e. The van der Waals surface area contributed by atoms with E-state index in [0.717, 1.165) is 12.1 Å². The minimum atomic E-state index is -4.62. The monoisotopic (exact) mass is 353 g/mol. The molecule has 0 saturated carbocycles. The number of benzene rings is 1. The van der Waals surface area contributed by atoms with Gasteiger partial charge < -0.3 is 15.1 Å². The number of amides is 1. The highest BCUT2D eigenvalue weighted by atomic mass is 19.4. The molecule has 1 aromatic carbocycles. The number of carbonyl (C=O) groups excluding carboxylic acids is 1. The molecule has 1 aromatic heterocycles. The van der Waals surface area contributed by atoms with E-state index in [0.29, 0.717) is 11.8 Å². The van der Waals surface area contributed by atoms with Crippen LogP contribution in [0.25, 0.3) is 0 Å². The van der Waals surface area contributed by atoms with Gasteiger partial charge in [0, 0.05) is 28.2 Å². The molecule has 1 amide bonds. The zero-order valence-corrected chi connectivity index (χ0v) is 14.2. The number of alkyl halides is 3. The highest BCUT2D eigenvalue weighted by Gasteiger charge is 2.35. The third-order valence-electron chi connectivity index (χ3n) is 3.30. The van der Waals surface area contributed by atoms with Gasteiger partial charge in [0.15, 0.2) is 5.82 Å². The Bertz CT molecular complexity index is 775. The van der Waals surface area contributed by atoms with Crippen molar-refractivity contribution in [1.82, 2.24) is 9.97 Å². The zero-order chi connectivity index (χ0) is 18.8. The normalized spacial score (nSPS) is 11.2. The molecule has 0 aliphatic heterocycles. The largest absolute Gasteiger partial charge is 0.417 e. The lowest BCUT2D eigenvalue weighted by atomic mass is 10.1. The summed E-state index contributed by atoms with van der Waals surface area (Å²) in [5.41, 5.74) is -1.24. The predicted molar refractivity (Wildman–Crippen MR) is 90.1 cm³/mol. The quantitative estimate of drug-likeness (QED) is 0.916. The van der Waals surface area contributed by atoms with Crippen molar-refractivity contribution in [2.24, 2.45) is 0 Å². The summed E-state index contributed by atoms with van der Waals surface area (Å²) in [4.78, 5) is 24.1. The SMILES string of the molecule is CN(C)c1ncc(NC(=O)c2ccccc2C(F)(F)F)c(N(C)C)n1. The zero-order valence-electron chi connectivity index (χ0n) is 14.2. The highest BCUT2D eigenvalue weighted by molar-refractivity contribution is 6.06. The first kappa shape index (κ1) is 18.5. The summed E-state index contributed by atoms with van der Waals surface area (Å²) >= 11 is 0. The summed E-state index contributed by atoms with van der Waals surface area (Å²) in [7, 11) is 6.93. The maximum Gasteiger partial charge on any atom is 0.417 e. The van der Waals surface area contributed by atoms with Gasteiger partial charge in [-0.15, -0.1) is 0 Å². The molecular formula is C16H18F3N5O. The Kier molecular flexibility index (Phi) is 5.15. The van der Waals surface area contributed by atoms with Gasteiger partial charge in [0.05, 0.1) is 17.3 Å². The van der Waals surface area contributed by atoms with Gasteiger partial charge in [-0.2, -0.15) is 18.2 Å². The minimum absolute atomic E-state index is 0.220. The summed E-state index contributed by atoms with van der Waals surface area (Å²) in [5, 5.41) is 2.46. The van der Waals surface area contributed by atoms with Crippen LogP contribution in [0.3, 0.4) is 0 Å². The van der Waals surface area contributed by atoms with E-state index in [9.17, 15) is 18.0 Å². The molecule has 25 heavy (non-hydrogen) atoms. The Morgan fingerprint density at radius 2 is 1.72 bits per heavy atom. The second kappa shape index (κ2) is 6.96. The van der Waals surface area contributed by atoms with Crippen molar-refractivity contribution in [2.45, 2.75) is 6.18 Å². The van der Waals surface area contributed by atoms with Gasteiger partial charge in [-0.3, -0.25) is 4.79 Å². The Morgan fingerprint density at radius 1 is 1.08 bits per heavy atom. The standard InChI is InChI=1S/C16H18F3N5O/c1-23(2)13-12(9-20-15(22-13)24(3)4)21-14(25)10-7-5-6-8-11(10)16(17,18)19/h5-9H,1-4H3,(H,21,25). The van der Waals surface area contributed by atoms with Crippen molar-refractivity contribution in [2.75, 3.05) is 43.3 Å². The van der Waals surface area contributed by atoms with E-state index >= 15 is 0 Å². The molecule has 0 atom stereocenters. The fraction of sp³-hybridized carbons (Fsp3) is 0.312. The number of nitrogens with zero attached hydrogens (tertiary/aromatic N) is 4.